The fourth-order valence-corrected chi connectivity index (χ4v) is 1.71. The zero-order chi connectivity index (χ0) is 11.1. The van der Waals surface area contributed by atoms with Gasteiger partial charge >= 0.3 is 0 Å². The Morgan fingerprint density at radius 2 is 2.20 bits per heavy atom. The summed E-state index contributed by atoms with van der Waals surface area (Å²) >= 11 is 0. The number of pyridine rings is 1. The molecule has 0 amide bonds. The standard InChI is InChI=1S/C12H21N3/c1-3-4-5-6-12(15-13)11-7-10(2)8-14-9-11/h7-9,12,15H,3-6,13H2,1-2H3. The molecule has 3 nitrogen and oxygen atoms in total. The molecule has 0 radical (unpaired) electrons. The highest BCUT2D eigenvalue weighted by molar-refractivity contribution is 5.19. The van der Waals surface area contributed by atoms with E-state index in [2.05, 4.69) is 30.3 Å². The molecular formula is C12H21N3. The van der Waals surface area contributed by atoms with Gasteiger partial charge in [-0.25, -0.2) is 0 Å². The summed E-state index contributed by atoms with van der Waals surface area (Å²) in [5.41, 5.74) is 5.24. The molecule has 1 atom stereocenters. The van der Waals surface area contributed by atoms with Crippen LogP contribution in [-0.2, 0) is 0 Å². The molecule has 84 valence electrons. The first-order valence-electron chi connectivity index (χ1n) is 5.65. The summed E-state index contributed by atoms with van der Waals surface area (Å²) in [4.78, 5) is 4.19. The Hall–Kier alpha value is -0.930. The Balaban J connectivity index is 2.57. The normalized spacial score (nSPS) is 12.7. The van der Waals surface area contributed by atoms with Crippen molar-refractivity contribution in [3.05, 3.63) is 29.6 Å². The average Bonchev–Trinajstić information content (AvgIpc) is 2.24. The van der Waals surface area contributed by atoms with Gasteiger partial charge in [0.15, 0.2) is 0 Å². The third-order valence-corrected chi connectivity index (χ3v) is 2.60. The van der Waals surface area contributed by atoms with Crippen molar-refractivity contribution in [2.75, 3.05) is 0 Å². The summed E-state index contributed by atoms with van der Waals surface area (Å²) in [5.74, 6) is 5.56. The highest BCUT2D eigenvalue weighted by Crippen LogP contribution is 2.18. The highest BCUT2D eigenvalue weighted by Gasteiger charge is 2.09. The van der Waals surface area contributed by atoms with Crippen LogP contribution in [0.15, 0.2) is 18.5 Å². The Kier molecular flexibility index (Phi) is 5.29. The molecule has 0 aliphatic carbocycles. The van der Waals surface area contributed by atoms with Crippen LogP contribution in [0, 0.1) is 6.92 Å². The molecule has 0 aromatic carbocycles. The lowest BCUT2D eigenvalue weighted by Gasteiger charge is -2.15. The molecule has 0 aliphatic heterocycles. The van der Waals surface area contributed by atoms with E-state index in [4.69, 9.17) is 5.84 Å². The van der Waals surface area contributed by atoms with E-state index in [1.807, 2.05) is 12.4 Å². The summed E-state index contributed by atoms with van der Waals surface area (Å²) in [7, 11) is 0. The van der Waals surface area contributed by atoms with E-state index < -0.39 is 0 Å². The smallest absolute Gasteiger partial charge is 0.0475 e. The molecular weight excluding hydrogens is 186 g/mol. The lowest BCUT2D eigenvalue weighted by Crippen LogP contribution is -2.28. The van der Waals surface area contributed by atoms with Crippen LogP contribution in [0.2, 0.25) is 0 Å². The van der Waals surface area contributed by atoms with E-state index in [1.54, 1.807) is 0 Å². The van der Waals surface area contributed by atoms with Crippen molar-refractivity contribution >= 4 is 0 Å². The maximum atomic E-state index is 5.56. The molecule has 1 unspecified atom stereocenters. The Morgan fingerprint density at radius 3 is 2.80 bits per heavy atom. The lowest BCUT2D eigenvalue weighted by molar-refractivity contribution is 0.485. The van der Waals surface area contributed by atoms with E-state index in [-0.39, 0.29) is 6.04 Å². The van der Waals surface area contributed by atoms with Gasteiger partial charge in [-0.3, -0.25) is 16.3 Å². The molecule has 15 heavy (non-hydrogen) atoms. The van der Waals surface area contributed by atoms with Crippen LogP contribution in [0.25, 0.3) is 0 Å². The van der Waals surface area contributed by atoms with Crippen LogP contribution >= 0.6 is 0 Å². The van der Waals surface area contributed by atoms with Crippen LogP contribution in [-0.4, -0.2) is 4.98 Å². The monoisotopic (exact) mass is 207 g/mol. The number of hydrazine groups is 1. The number of nitrogens with two attached hydrogens (primary N) is 1. The summed E-state index contributed by atoms with van der Waals surface area (Å²) in [5, 5.41) is 0. The second-order valence-corrected chi connectivity index (χ2v) is 4.01. The summed E-state index contributed by atoms with van der Waals surface area (Å²) < 4.78 is 0. The molecule has 0 saturated carbocycles. The maximum absolute atomic E-state index is 5.56. The van der Waals surface area contributed by atoms with Gasteiger partial charge in [-0.05, 0) is 24.5 Å². The first kappa shape index (κ1) is 12.1. The lowest BCUT2D eigenvalue weighted by atomic mass is 10.0. The van der Waals surface area contributed by atoms with E-state index in [0.29, 0.717) is 0 Å². The van der Waals surface area contributed by atoms with Gasteiger partial charge in [0, 0.05) is 18.4 Å². The Labute approximate surface area is 92.1 Å². The number of rotatable bonds is 6. The van der Waals surface area contributed by atoms with Gasteiger partial charge in [0.2, 0.25) is 0 Å². The number of aromatic nitrogens is 1. The second-order valence-electron chi connectivity index (χ2n) is 4.01. The number of nitrogens with zero attached hydrogens (tertiary/aromatic N) is 1. The van der Waals surface area contributed by atoms with Crippen molar-refractivity contribution in [3.63, 3.8) is 0 Å². The topological polar surface area (TPSA) is 50.9 Å². The second kappa shape index (κ2) is 6.53. The third kappa shape index (κ3) is 3.98. The summed E-state index contributed by atoms with van der Waals surface area (Å²) in [6.07, 6.45) is 8.54. The van der Waals surface area contributed by atoms with Crippen molar-refractivity contribution < 1.29 is 0 Å². The molecule has 0 bridgehead atoms. The number of hydrogen-bond donors (Lipinski definition) is 2. The van der Waals surface area contributed by atoms with Crippen LogP contribution in [0.5, 0.6) is 0 Å². The van der Waals surface area contributed by atoms with E-state index in [0.717, 1.165) is 6.42 Å². The van der Waals surface area contributed by atoms with Gasteiger partial charge in [-0.2, -0.15) is 0 Å². The van der Waals surface area contributed by atoms with E-state index >= 15 is 0 Å². The van der Waals surface area contributed by atoms with Gasteiger partial charge < -0.3 is 0 Å². The summed E-state index contributed by atoms with van der Waals surface area (Å²) in [6.45, 7) is 4.26. The van der Waals surface area contributed by atoms with E-state index in [9.17, 15) is 0 Å². The third-order valence-electron chi connectivity index (χ3n) is 2.60. The molecule has 0 spiro atoms. The highest BCUT2D eigenvalue weighted by atomic mass is 15.2. The molecule has 1 heterocycles. The van der Waals surface area contributed by atoms with Crippen LogP contribution in [0.1, 0.15) is 49.8 Å². The molecule has 0 fully saturated rings. The summed E-state index contributed by atoms with van der Waals surface area (Å²) in [6, 6.07) is 2.38. The molecule has 0 aliphatic rings. The molecule has 1 aromatic heterocycles. The largest absolute Gasteiger partial charge is 0.271 e. The molecule has 0 saturated heterocycles. The molecule has 3 N–H and O–H groups in total. The first-order valence-corrected chi connectivity index (χ1v) is 5.65. The fraction of sp³-hybridized carbons (Fsp3) is 0.583. The predicted octanol–water partition coefficient (Wildman–Crippen LogP) is 2.47. The number of hydrogen-bond acceptors (Lipinski definition) is 3. The van der Waals surface area contributed by atoms with Crippen molar-refractivity contribution in [1.82, 2.24) is 10.4 Å². The zero-order valence-electron chi connectivity index (χ0n) is 9.66. The molecule has 3 heteroatoms. The van der Waals surface area contributed by atoms with Crippen molar-refractivity contribution in [2.45, 2.75) is 45.6 Å². The molecule has 1 rings (SSSR count). The van der Waals surface area contributed by atoms with Crippen LogP contribution in [0.3, 0.4) is 0 Å². The minimum Gasteiger partial charge on any atom is -0.271 e. The van der Waals surface area contributed by atoms with Gasteiger partial charge in [0.05, 0.1) is 0 Å². The van der Waals surface area contributed by atoms with Crippen LogP contribution < -0.4 is 11.3 Å². The van der Waals surface area contributed by atoms with Crippen LogP contribution in [0.4, 0.5) is 0 Å². The number of aryl methyl sites for hydroxylation is 1. The zero-order valence-corrected chi connectivity index (χ0v) is 9.66. The minimum absolute atomic E-state index is 0.240. The van der Waals surface area contributed by atoms with Gasteiger partial charge in [-0.15, -0.1) is 0 Å². The van der Waals surface area contributed by atoms with Crippen molar-refractivity contribution in [1.29, 1.82) is 0 Å². The SMILES string of the molecule is CCCCCC(NN)c1cncc(C)c1. The van der Waals surface area contributed by atoms with Gasteiger partial charge in [0.25, 0.3) is 0 Å². The maximum Gasteiger partial charge on any atom is 0.0475 e. The van der Waals surface area contributed by atoms with E-state index in [1.165, 1.54) is 30.4 Å². The van der Waals surface area contributed by atoms with Crippen molar-refractivity contribution in [2.24, 2.45) is 5.84 Å². The number of nitrogens with one attached hydrogen (secondary N) is 1. The predicted molar refractivity (Wildman–Crippen MR) is 63.2 cm³/mol. The quantitative estimate of drug-likeness (QED) is 0.428. The molecule has 1 aromatic rings. The Bertz CT molecular complexity index is 286. The average molecular weight is 207 g/mol. The number of unbranched alkanes of at least 4 members (excludes halogenated alkanes) is 2. The van der Waals surface area contributed by atoms with Gasteiger partial charge in [0.1, 0.15) is 0 Å². The van der Waals surface area contributed by atoms with Crippen molar-refractivity contribution in [3.8, 4) is 0 Å². The van der Waals surface area contributed by atoms with Gasteiger partial charge in [-0.1, -0.05) is 32.3 Å². The Morgan fingerprint density at radius 1 is 1.40 bits per heavy atom. The fourth-order valence-electron chi connectivity index (χ4n) is 1.71. The minimum atomic E-state index is 0.240. The first-order chi connectivity index (χ1) is 7.27.